The molecule has 0 bridgehead atoms. The van der Waals surface area contributed by atoms with Gasteiger partial charge < -0.3 is 16.0 Å². The quantitative estimate of drug-likeness (QED) is 0.176. The van der Waals surface area contributed by atoms with E-state index in [2.05, 4.69) is 112 Å². The maximum Gasteiger partial charge on any atom is 0.210 e. The van der Waals surface area contributed by atoms with Gasteiger partial charge in [0.2, 0.25) is 6.71 Å². The molecule has 226 valence electrons. The Kier molecular flexibility index (Phi) is 7.24. The Morgan fingerprint density at radius 3 is 2.14 bits per heavy atom. The third kappa shape index (κ3) is 4.15. The summed E-state index contributed by atoms with van der Waals surface area (Å²) in [5.74, 6) is 0.517. The highest BCUT2D eigenvalue weighted by molar-refractivity contribution is 7.80. The summed E-state index contributed by atoms with van der Waals surface area (Å²) in [6.45, 7) is 22.8. The highest BCUT2D eigenvalue weighted by Gasteiger charge is 2.50. The van der Waals surface area contributed by atoms with Crippen LogP contribution in [0.3, 0.4) is 0 Å². The second-order valence-electron chi connectivity index (χ2n) is 14.6. The number of thiophene rings is 2. The Morgan fingerprint density at radius 2 is 1.49 bits per heavy atom. The summed E-state index contributed by atoms with van der Waals surface area (Å²) in [4.78, 5) is 5.03. The van der Waals surface area contributed by atoms with Gasteiger partial charge in [0, 0.05) is 47.0 Å². The molecule has 2 aromatic carbocycles. The van der Waals surface area contributed by atoms with Gasteiger partial charge >= 0.3 is 0 Å². The minimum Gasteiger partial charge on any atom is -0.398 e. The van der Waals surface area contributed by atoms with Crippen LogP contribution in [-0.4, -0.2) is 12.4 Å². The molecule has 4 N–H and O–H groups in total. The minimum atomic E-state index is -2.95. The molecular weight excluding hydrogens is 582 g/mol. The van der Waals surface area contributed by atoms with Crippen molar-refractivity contribution in [2.45, 2.75) is 104 Å². The predicted octanol–water partition coefficient (Wildman–Crippen LogP) is 7.68. The van der Waals surface area contributed by atoms with Crippen molar-refractivity contribution in [3.63, 3.8) is 0 Å². The number of anilines is 2. The molecule has 4 heterocycles. The first-order valence-corrected chi connectivity index (χ1v) is 19.1. The molecule has 0 fully saturated rings. The maximum absolute atomic E-state index is 15.3. The van der Waals surface area contributed by atoms with Crippen LogP contribution in [0.5, 0.6) is 0 Å². The number of nitrogen functional groups attached to an aromatic ring is 2. The van der Waals surface area contributed by atoms with E-state index in [1.165, 1.54) is 42.2 Å². The lowest BCUT2D eigenvalue weighted by molar-refractivity contribution is 0.575. The van der Waals surface area contributed by atoms with Crippen molar-refractivity contribution in [1.29, 1.82) is 0 Å². The maximum atomic E-state index is 15.3. The number of rotatable bonds is 5. The van der Waals surface area contributed by atoms with Gasteiger partial charge in [0.1, 0.15) is 7.14 Å². The number of benzene rings is 2. The van der Waals surface area contributed by atoms with Gasteiger partial charge in [-0.2, -0.15) is 0 Å². The Labute approximate surface area is 267 Å². The van der Waals surface area contributed by atoms with Crippen LogP contribution in [0.1, 0.15) is 110 Å². The molecule has 0 aliphatic carbocycles. The number of nitrogens with two attached hydrogens (primary N) is 2. The van der Waals surface area contributed by atoms with Gasteiger partial charge in [-0.25, -0.2) is 0 Å². The fraction of sp³-hybridized carbons (Fsp3) is 0.444. The lowest BCUT2D eigenvalue weighted by atomic mass is 9.37. The summed E-state index contributed by atoms with van der Waals surface area (Å²) < 4.78 is 15.3. The molecule has 2 aromatic heterocycles. The zero-order valence-electron chi connectivity index (χ0n) is 27.4. The topological polar surface area (TPSA) is 69.1 Å². The van der Waals surface area contributed by atoms with E-state index < -0.39 is 7.14 Å². The summed E-state index contributed by atoms with van der Waals surface area (Å²) in [6, 6.07) is 15.4. The molecule has 0 saturated carbocycles. The molecule has 6 rings (SSSR count). The molecule has 0 radical (unpaired) electrons. The fourth-order valence-electron chi connectivity index (χ4n) is 8.04. The number of fused-ring (bicyclic) bond motifs is 4. The Morgan fingerprint density at radius 1 is 0.837 bits per heavy atom. The average Bonchev–Trinajstić information content (AvgIpc) is 3.49. The van der Waals surface area contributed by atoms with Crippen LogP contribution >= 0.6 is 29.8 Å². The van der Waals surface area contributed by atoms with E-state index in [-0.39, 0.29) is 29.1 Å². The van der Waals surface area contributed by atoms with E-state index in [0.29, 0.717) is 5.92 Å². The summed E-state index contributed by atoms with van der Waals surface area (Å²) in [6.07, 6.45) is 0.850. The first-order valence-electron chi connectivity index (χ1n) is 15.7. The lowest BCUT2D eigenvalue weighted by Crippen LogP contribution is -2.52. The van der Waals surface area contributed by atoms with E-state index in [4.69, 9.17) is 11.5 Å². The lowest BCUT2D eigenvalue weighted by Gasteiger charge is -2.40. The van der Waals surface area contributed by atoms with Crippen molar-refractivity contribution in [2.75, 3.05) is 11.5 Å². The molecular formula is C36H46BN2OPS2. The molecule has 7 heteroatoms. The van der Waals surface area contributed by atoms with Crippen molar-refractivity contribution in [3.05, 3.63) is 78.7 Å². The second kappa shape index (κ2) is 10.1. The predicted molar refractivity (Wildman–Crippen MR) is 194 cm³/mol. The molecule has 0 spiro atoms. The van der Waals surface area contributed by atoms with E-state index in [9.17, 15) is 0 Å². The summed E-state index contributed by atoms with van der Waals surface area (Å²) >= 11 is 3.69. The van der Waals surface area contributed by atoms with Gasteiger partial charge in [0.05, 0.1) is 11.0 Å². The normalized spacial score (nSPS) is 20.5. The SMILES string of the molecule is CB1c2ccccc2C(C)(C)c2sc(C(C)Cc3cccc4c3C(C)(C)c3sc(C(C)C)c(N)c3P4(=O)C(C)C)c(N)c21. The van der Waals surface area contributed by atoms with Crippen molar-refractivity contribution in [2.24, 2.45) is 0 Å². The molecule has 3 nitrogen and oxygen atoms in total. The van der Waals surface area contributed by atoms with Gasteiger partial charge in [0.15, 0.2) is 0 Å². The van der Waals surface area contributed by atoms with E-state index in [1.54, 1.807) is 11.3 Å². The zero-order chi connectivity index (χ0) is 31.4. The van der Waals surface area contributed by atoms with Gasteiger partial charge in [-0.3, -0.25) is 0 Å². The van der Waals surface area contributed by atoms with E-state index in [0.717, 1.165) is 33.3 Å². The molecule has 2 unspecified atom stereocenters. The van der Waals surface area contributed by atoms with Crippen molar-refractivity contribution in [1.82, 2.24) is 0 Å². The first kappa shape index (κ1) is 30.7. The minimum absolute atomic E-state index is 0.0318. The van der Waals surface area contributed by atoms with Crippen LogP contribution in [0.25, 0.3) is 0 Å². The van der Waals surface area contributed by atoms with Crippen molar-refractivity contribution in [3.8, 4) is 0 Å². The number of hydrogen-bond acceptors (Lipinski definition) is 5. The highest BCUT2D eigenvalue weighted by Crippen LogP contribution is 2.61. The standard InChI is InChI=1S/C36H46BN2OPS2/c1-19(2)31-29(39)30-34(42-31)36(8,9)26-22(14-13-17-25(26)41(30,40)20(3)4)18-21(5)32-28(38)27-33(43-32)35(6,7)23-15-11-12-16-24(23)37(27)10/h11-17,19-21H,18,38-39H2,1-10H3. The molecule has 2 atom stereocenters. The molecule has 2 aliphatic heterocycles. The van der Waals surface area contributed by atoms with Crippen LogP contribution in [-0.2, 0) is 21.8 Å². The summed E-state index contributed by atoms with van der Waals surface area (Å²) in [7, 11) is -2.95. The molecule has 0 amide bonds. The third-order valence-electron chi connectivity index (χ3n) is 10.3. The molecule has 0 saturated heterocycles. The smallest absolute Gasteiger partial charge is 0.210 e. The van der Waals surface area contributed by atoms with Crippen LogP contribution < -0.4 is 33.0 Å². The van der Waals surface area contributed by atoms with Crippen LogP contribution in [0.4, 0.5) is 11.4 Å². The number of hydrogen-bond donors (Lipinski definition) is 2. The molecule has 43 heavy (non-hydrogen) atoms. The van der Waals surface area contributed by atoms with Gasteiger partial charge in [-0.1, -0.05) is 117 Å². The third-order valence-corrected chi connectivity index (χ3v) is 17.7. The van der Waals surface area contributed by atoms with Gasteiger partial charge in [-0.15, -0.1) is 22.7 Å². The first-order chi connectivity index (χ1) is 20.1. The van der Waals surface area contributed by atoms with Gasteiger partial charge in [0.25, 0.3) is 0 Å². The Bertz CT molecular complexity index is 1810. The fourth-order valence-corrected chi connectivity index (χ4v) is 14.8. The monoisotopic (exact) mass is 628 g/mol. The zero-order valence-corrected chi connectivity index (χ0v) is 29.9. The van der Waals surface area contributed by atoms with Crippen molar-refractivity contribution >= 4 is 69.4 Å². The summed E-state index contributed by atoms with van der Waals surface area (Å²) in [5.41, 5.74) is 21.9. The molecule has 4 aromatic rings. The highest BCUT2D eigenvalue weighted by atomic mass is 32.1. The largest absolute Gasteiger partial charge is 0.398 e. The second-order valence-corrected chi connectivity index (χ2v) is 19.9. The van der Waals surface area contributed by atoms with Crippen LogP contribution in [0.15, 0.2) is 42.5 Å². The van der Waals surface area contributed by atoms with E-state index >= 15 is 4.57 Å². The van der Waals surface area contributed by atoms with Gasteiger partial charge in [-0.05, 0) is 40.4 Å². The average molecular weight is 629 g/mol. The van der Waals surface area contributed by atoms with E-state index in [1.807, 2.05) is 11.3 Å². The van der Waals surface area contributed by atoms with Crippen molar-refractivity contribution < 1.29 is 4.57 Å². The van der Waals surface area contributed by atoms with Crippen LogP contribution in [0.2, 0.25) is 6.82 Å². The Balaban J connectivity index is 1.48. The summed E-state index contributed by atoms with van der Waals surface area (Å²) in [5, 5.41) is 1.94. The Hall–Kier alpha value is -2.27. The van der Waals surface area contributed by atoms with Crippen LogP contribution in [0, 0.1) is 0 Å². The molecule has 2 aliphatic rings.